The summed E-state index contributed by atoms with van der Waals surface area (Å²) in [6.45, 7) is 11.0. The van der Waals surface area contributed by atoms with Crippen LogP contribution in [0, 0.1) is 19.8 Å². The summed E-state index contributed by atoms with van der Waals surface area (Å²) in [5.74, 6) is 0.599. The van der Waals surface area contributed by atoms with Gasteiger partial charge in [-0.2, -0.15) is 0 Å². The number of benzene rings is 1. The molecule has 1 atom stereocenters. The molecule has 1 heterocycles. The first-order valence-corrected chi connectivity index (χ1v) is 6.52. The number of hydrogen-bond donors (Lipinski definition) is 1. The van der Waals surface area contributed by atoms with Crippen molar-refractivity contribution in [1.29, 1.82) is 0 Å². The summed E-state index contributed by atoms with van der Waals surface area (Å²) < 4.78 is 0. The fourth-order valence-electron chi connectivity index (χ4n) is 3.18. The van der Waals surface area contributed by atoms with Crippen molar-refractivity contribution in [2.45, 2.75) is 39.7 Å². The maximum absolute atomic E-state index is 5.90. The van der Waals surface area contributed by atoms with Gasteiger partial charge in [-0.15, -0.1) is 0 Å². The summed E-state index contributed by atoms with van der Waals surface area (Å²) in [6, 6.07) is 6.54. The van der Waals surface area contributed by atoms with E-state index in [0.29, 0.717) is 5.92 Å². The van der Waals surface area contributed by atoms with Crippen LogP contribution in [0.4, 0.5) is 5.69 Å². The molecule has 2 rings (SSSR count). The van der Waals surface area contributed by atoms with Crippen molar-refractivity contribution in [2.75, 3.05) is 18.0 Å². The Labute approximate surface area is 105 Å². The molecule has 1 unspecified atom stereocenters. The normalized spacial score (nSPS) is 23.1. The van der Waals surface area contributed by atoms with Crippen LogP contribution in [0.2, 0.25) is 0 Å². The van der Waals surface area contributed by atoms with Gasteiger partial charge in [0.05, 0.1) is 0 Å². The van der Waals surface area contributed by atoms with E-state index in [2.05, 4.69) is 50.8 Å². The maximum atomic E-state index is 5.90. The quantitative estimate of drug-likeness (QED) is 0.849. The third-order valence-electron chi connectivity index (χ3n) is 4.39. The van der Waals surface area contributed by atoms with Gasteiger partial charge in [0.15, 0.2) is 0 Å². The molecule has 1 aromatic rings. The predicted octanol–water partition coefficient (Wildman–Crippen LogP) is 2.87. The lowest BCUT2D eigenvalue weighted by atomic mass is 9.88. The molecule has 2 N–H and O–H groups in total. The molecule has 2 heteroatoms. The fourth-order valence-corrected chi connectivity index (χ4v) is 3.18. The monoisotopic (exact) mass is 232 g/mol. The van der Waals surface area contributed by atoms with Gasteiger partial charge >= 0.3 is 0 Å². The molecule has 1 aromatic carbocycles. The van der Waals surface area contributed by atoms with E-state index in [0.717, 1.165) is 13.1 Å². The lowest BCUT2D eigenvalue weighted by Gasteiger charge is -2.39. The molecule has 1 aliphatic heterocycles. The predicted molar refractivity (Wildman–Crippen MR) is 74.5 cm³/mol. The Bertz CT molecular complexity index is 389. The highest BCUT2D eigenvalue weighted by atomic mass is 15.2. The summed E-state index contributed by atoms with van der Waals surface area (Å²) in [6.07, 6.45) is 1.21. The molecule has 2 nitrogen and oxygen atoms in total. The summed E-state index contributed by atoms with van der Waals surface area (Å²) in [7, 11) is 0. The minimum atomic E-state index is 0.172. The standard InChI is InChI=1S/C15H24N2/c1-11-6-5-7-12(2)14(11)17-9-8-13(10-16)15(17,3)4/h5-7,13H,8-10,16H2,1-4H3. The van der Waals surface area contributed by atoms with Gasteiger partial charge in [0.2, 0.25) is 0 Å². The number of para-hydroxylation sites is 1. The Morgan fingerprint density at radius 3 is 2.35 bits per heavy atom. The van der Waals surface area contributed by atoms with Gasteiger partial charge in [-0.1, -0.05) is 18.2 Å². The molecule has 0 saturated carbocycles. The van der Waals surface area contributed by atoms with Gasteiger partial charge in [0.25, 0.3) is 0 Å². The third-order valence-corrected chi connectivity index (χ3v) is 4.39. The van der Waals surface area contributed by atoms with Crippen molar-refractivity contribution < 1.29 is 0 Å². The van der Waals surface area contributed by atoms with E-state index >= 15 is 0 Å². The average molecular weight is 232 g/mol. The second kappa shape index (κ2) is 4.34. The van der Waals surface area contributed by atoms with Crippen molar-refractivity contribution in [3.63, 3.8) is 0 Å². The van der Waals surface area contributed by atoms with E-state index in [1.165, 1.54) is 23.2 Å². The van der Waals surface area contributed by atoms with Crippen LogP contribution in [0.15, 0.2) is 18.2 Å². The maximum Gasteiger partial charge on any atom is 0.0430 e. The van der Waals surface area contributed by atoms with E-state index < -0.39 is 0 Å². The Kier molecular flexibility index (Phi) is 3.17. The smallest absolute Gasteiger partial charge is 0.0430 e. The van der Waals surface area contributed by atoms with E-state index in [4.69, 9.17) is 5.73 Å². The van der Waals surface area contributed by atoms with E-state index in [1.807, 2.05) is 0 Å². The second-order valence-electron chi connectivity index (χ2n) is 5.77. The lowest BCUT2D eigenvalue weighted by molar-refractivity contribution is 0.373. The van der Waals surface area contributed by atoms with Crippen LogP contribution < -0.4 is 10.6 Å². The minimum Gasteiger partial charge on any atom is -0.366 e. The zero-order valence-corrected chi connectivity index (χ0v) is 11.5. The van der Waals surface area contributed by atoms with Gasteiger partial charge in [-0.3, -0.25) is 0 Å². The molecule has 0 radical (unpaired) electrons. The van der Waals surface area contributed by atoms with Crippen LogP contribution >= 0.6 is 0 Å². The molecule has 1 saturated heterocycles. The average Bonchev–Trinajstić information content (AvgIpc) is 2.54. The van der Waals surface area contributed by atoms with Crippen LogP contribution in [0.5, 0.6) is 0 Å². The Morgan fingerprint density at radius 1 is 1.29 bits per heavy atom. The first-order chi connectivity index (χ1) is 7.98. The molecular formula is C15H24N2. The highest BCUT2D eigenvalue weighted by Crippen LogP contribution is 2.40. The van der Waals surface area contributed by atoms with Gasteiger partial charge in [-0.25, -0.2) is 0 Å². The van der Waals surface area contributed by atoms with E-state index in [1.54, 1.807) is 0 Å². The van der Waals surface area contributed by atoms with Crippen LogP contribution in [0.25, 0.3) is 0 Å². The summed E-state index contributed by atoms with van der Waals surface area (Å²) in [4.78, 5) is 2.55. The van der Waals surface area contributed by atoms with Crippen LogP contribution in [-0.2, 0) is 0 Å². The van der Waals surface area contributed by atoms with Crippen molar-refractivity contribution in [3.8, 4) is 0 Å². The van der Waals surface area contributed by atoms with Crippen molar-refractivity contribution in [3.05, 3.63) is 29.3 Å². The summed E-state index contributed by atoms with van der Waals surface area (Å²) in [5.41, 5.74) is 10.2. The summed E-state index contributed by atoms with van der Waals surface area (Å²) >= 11 is 0. The van der Waals surface area contributed by atoms with Gasteiger partial charge < -0.3 is 10.6 Å². The van der Waals surface area contributed by atoms with Crippen molar-refractivity contribution >= 4 is 5.69 Å². The molecule has 0 amide bonds. The number of hydrogen-bond acceptors (Lipinski definition) is 2. The molecule has 94 valence electrons. The van der Waals surface area contributed by atoms with E-state index in [-0.39, 0.29) is 5.54 Å². The second-order valence-corrected chi connectivity index (χ2v) is 5.77. The molecular weight excluding hydrogens is 208 g/mol. The Hall–Kier alpha value is -1.02. The highest BCUT2D eigenvalue weighted by Gasteiger charge is 2.41. The Balaban J connectivity index is 2.42. The molecule has 0 aliphatic carbocycles. The summed E-state index contributed by atoms with van der Waals surface area (Å²) in [5, 5.41) is 0. The number of nitrogens with zero attached hydrogens (tertiary/aromatic N) is 1. The number of aryl methyl sites for hydroxylation is 2. The van der Waals surface area contributed by atoms with Crippen molar-refractivity contribution in [2.24, 2.45) is 11.7 Å². The SMILES string of the molecule is Cc1cccc(C)c1N1CCC(CN)C1(C)C. The third kappa shape index (κ3) is 1.95. The lowest BCUT2D eigenvalue weighted by Crippen LogP contribution is -2.45. The largest absolute Gasteiger partial charge is 0.366 e. The zero-order valence-electron chi connectivity index (χ0n) is 11.5. The minimum absolute atomic E-state index is 0.172. The molecule has 17 heavy (non-hydrogen) atoms. The molecule has 0 aromatic heterocycles. The first-order valence-electron chi connectivity index (χ1n) is 6.52. The van der Waals surface area contributed by atoms with Gasteiger partial charge in [0.1, 0.15) is 0 Å². The highest BCUT2D eigenvalue weighted by molar-refractivity contribution is 5.61. The molecule has 1 fully saturated rings. The van der Waals surface area contributed by atoms with E-state index in [9.17, 15) is 0 Å². The zero-order chi connectivity index (χ0) is 12.6. The molecule has 0 bridgehead atoms. The number of anilines is 1. The fraction of sp³-hybridized carbons (Fsp3) is 0.600. The van der Waals surface area contributed by atoms with Crippen molar-refractivity contribution in [1.82, 2.24) is 0 Å². The molecule has 1 aliphatic rings. The molecule has 0 spiro atoms. The van der Waals surface area contributed by atoms with Crippen LogP contribution in [-0.4, -0.2) is 18.6 Å². The van der Waals surface area contributed by atoms with Crippen LogP contribution in [0.1, 0.15) is 31.4 Å². The topological polar surface area (TPSA) is 29.3 Å². The number of rotatable bonds is 2. The number of nitrogens with two attached hydrogens (primary N) is 1. The van der Waals surface area contributed by atoms with Crippen LogP contribution in [0.3, 0.4) is 0 Å². The first kappa shape index (κ1) is 12.4. The van der Waals surface area contributed by atoms with Gasteiger partial charge in [-0.05, 0) is 57.7 Å². The van der Waals surface area contributed by atoms with Gasteiger partial charge in [0, 0.05) is 17.8 Å². The Morgan fingerprint density at radius 2 is 1.88 bits per heavy atom.